The zero-order valence-corrected chi connectivity index (χ0v) is 13.3. The Morgan fingerprint density at radius 2 is 2.10 bits per heavy atom. The number of fused-ring (bicyclic) bond motifs is 1. The summed E-state index contributed by atoms with van der Waals surface area (Å²) in [4.78, 5) is 19.7. The molecule has 0 fully saturated rings. The standard InChI is InChI=1S/C13H17N3O3.C2H6/c1-13(2,3)19-12(17)15-7-5-11-16-9-8-14-6-4-10(9)18-11;1-2/h4,6,8H,5,7H2,1-3H3,(H,15,17);1-2H3. The van der Waals surface area contributed by atoms with Crippen LogP contribution in [-0.4, -0.2) is 28.2 Å². The van der Waals surface area contributed by atoms with E-state index < -0.39 is 11.7 Å². The van der Waals surface area contributed by atoms with Crippen LogP contribution >= 0.6 is 0 Å². The van der Waals surface area contributed by atoms with Gasteiger partial charge < -0.3 is 14.5 Å². The zero-order chi connectivity index (χ0) is 15.9. The summed E-state index contributed by atoms with van der Waals surface area (Å²) < 4.78 is 10.6. The van der Waals surface area contributed by atoms with Gasteiger partial charge in [-0.05, 0) is 20.8 Å². The van der Waals surface area contributed by atoms with Gasteiger partial charge in [0.15, 0.2) is 11.5 Å². The molecule has 1 N–H and O–H groups in total. The van der Waals surface area contributed by atoms with E-state index in [1.807, 2.05) is 34.6 Å². The van der Waals surface area contributed by atoms with Gasteiger partial charge in [-0.15, -0.1) is 0 Å². The molecule has 0 radical (unpaired) electrons. The highest BCUT2D eigenvalue weighted by Crippen LogP contribution is 2.13. The number of nitrogens with one attached hydrogen (secondary N) is 1. The minimum absolute atomic E-state index is 0.412. The van der Waals surface area contributed by atoms with Crippen molar-refractivity contribution >= 4 is 17.2 Å². The van der Waals surface area contributed by atoms with E-state index in [2.05, 4.69) is 15.3 Å². The van der Waals surface area contributed by atoms with Crippen molar-refractivity contribution < 1.29 is 13.9 Å². The molecule has 0 saturated heterocycles. The number of amides is 1. The summed E-state index contributed by atoms with van der Waals surface area (Å²) >= 11 is 0. The monoisotopic (exact) mass is 293 g/mol. The van der Waals surface area contributed by atoms with Crippen LogP contribution in [0.3, 0.4) is 0 Å². The van der Waals surface area contributed by atoms with Gasteiger partial charge in [-0.1, -0.05) is 13.8 Å². The Hall–Kier alpha value is -2.11. The number of oxazole rings is 1. The zero-order valence-electron chi connectivity index (χ0n) is 13.3. The SMILES string of the molecule is CC.CC(C)(C)OC(=O)NCCc1nc2cnccc2o1. The number of hydrogen-bond acceptors (Lipinski definition) is 5. The summed E-state index contributed by atoms with van der Waals surface area (Å²) in [5.74, 6) is 0.569. The van der Waals surface area contributed by atoms with Crippen molar-refractivity contribution in [3.63, 3.8) is 0 Å². The van der Waals surface area contributed by atoms with Gasteiger partial charge in [-0.25, -0.2) is 9.78 Å². The second-order valence-electron chi connectivity index (χ2n) is 5.13. The molecule has 0 unspecified atom stereocenters. The van der Waals surface area contributed by atoms with Gasteiger partial charge in [0.25, 0.3) is 0 Å². The molecule has 6 heteroatoms. The predicted octanol–water partition coefficient (Wildman–Crippen LogP) is 3.32. The van der Waals surface area contributed by atoms with Crippen molar-refractivity contribution in [3.8, 4) is 0 Å². The van der Waals surface area contributed by atoms with Gasteiger partial charge in [0.2, 0.25) is 0 Å². The fourth-order valence-electron chi connectivity index (χ4n) is 1.52. The van der Waals surface area contributed by atoms with Crippen LogP contribution in [0.2, 0.25) is 0 Å². The third-order valence-corrected chi connectivity index (χ3v) is 2.24. The molecule has 2 aromatic heterocycles. The Balaban J connectivity index is 0.00000106. The van der Waals surface area contributed by atoms with Crippen LogP contribution in [-0.2, 0) is 11.2 Å². The number of carbonyl (C=O) groups excluding carboxylic acids is 1. The van der Waals surface area contributed by atoms with Crippen LogP contribution in [0.5, 0.6) is 0 Å². The Bertz CT molecular complexity index is 540. The van der Waals surface area contributed by atoms with E-state index in [0.717, 1.165) is 5.52 Å². The minimum Gasteiger partial charge on any atom is -0.444 e. The quantitative estimate of drug-likeness (QED) is 0.939. The van der Waals surface area contributed by atoms with E-state index in [-0.39, 0.29) is 0 Å². The van der Waals surface area contributed by atoms with Gasteiger partial charge >= 0.3 is 6.09 Å². The lowest BCUT2D eigenvalue weighted by Crippen LogP contribution is -2.33. The Morgan fingerprint density at radius 3 is 2.71 bits per heavy atom. The maximum Gasteiger partial charge on any atom is 0.407 e. The molecule has 21 heavy (non-hydrogen) atoms. The topological polar surface area (TPSA) is 77.2 Å². The molecule has 0 atom stereocenters. The number of nitrogens with zero attached hydrogens (tertiary/aromatic N) is 2. The first-order valence-corrected chi connectivity index (χ1v) is 7.10. The molecule has 0 spiro atoms. The molecule has 0 bridgehead atoms. The van der Waals surface area contributed by atoms with E-state index in [1.54, 1.807) is 18.5 Å². The molecule has 1 amide bonds. The highest BCUT2D eigenvalue weighted by molar-refractivity contribution is 5.70. The molecule has 0 aromatic carbocycles. The molecule has 0 aliphatic carbocycles. The molecule has 0 aliphatic heterocycles. The second-order valence-corrected chi connectivity index (χ2v) is 5.13. The smallest absolute Gasteiger partial charge is 0.407 e. The summed E-state index contributed by atoms with van der Waals surface area (Å²) in [5.41, 5.74) is 0.921. The maximum absolute atomic E-state index is 11.4. The number of hydrogen-bond donors (Lipinski definition) is 1. The van der Waals surface area contributed by atoms with Crippen LogP contribution in [0.4, 0.5) is 4.79 Å². The van der Waals surface area contributed by atoms with Crippen LogP contribution in [0.1, 0.15) is 40.5 Å². The van der Waals surface area contributed by atoms with Gasteiger partial charge in [0.1, 0.15) is 11.1 Å². The summed E-state index contributed by atoms with van der Waals surface area (Å²) in [5, 5.41) is 2.66. The summed E-state index contributed by atoms with van der Waals surface area (Å²) in [6.45, 7) is 9.87. The summed E-state index contributed by atoms with van der Waals surface area (Å²) in [7, 11) is 0. The number of aromatic nitrogens is 2. The Kier molecular flexibility index (Phi) is 6.14. The average molecular weight is 293 g/mol. The van der Waals surface area contributed by atoms with Gasteiger partial charge in [-0.2, -0.15) is 0 Å². The summed E-state index contributed by atoms with van der Waals surface area (Å²) in [6, 6.07) is 1.76. The highest BCUT2D eigenvalue weighted by atomic mass is 16.6. The maximum atomic E-state index is 11.4. The van der Waals surface area contributed by atoms with Crippen molar-refractivity contribution in [3.05, 3.63) is 24.4 Å². The van der Waals surface area contributed by atoms with Gasteiger partial charge in [0, 0.05) is 25.2 Å². The van der Waals surface area contributed by atoms with Crippen molar-refractivity contribution in [1.82, 2.24) is 15.3 Å². The lowest BCUT2D eigenvalue weighted by molar-refractivity contribution is 0.0528. The van der Waals surface area contributed by atoms with Crippen molar-refractivity contribution in [2.24, 2.45) is 0 Å². The molecular formula is C15H23N3O3. The number of pyridine rings is 1. The molecule has 2 rings (SSSR count). The predicted molar refractivity (Wildman–Crippen MR) is 81.1 cm³/mol. The molecule has 116 valence electrons. The molecule has 2 heterocycles. The van der Waals surface area contributed by atoms with E-state index >= 15 is 0 Å². The molecule has 0 aliphatic rings. The van der Waals surface area contributed by atoms with Crippen LogP contribution in [0, 0.1) is 0 Å². The third-order valence-electron chi connectivity index (χ3n) is 2.24. The lowest BCUT2D eigenvalue weighted by atomic mass is 10.2. The molecule has 0 saturated carbocycles. The fourth-order valence-corrected chi connectivity index (χ4v) is 1.52. The number of alkyl carbamates (subject to hydrolysis) is 1. The Labute approximate surface area is 124 Å². The highest BCUT2D eigenvalue weighted by Gasteiger charge is 2.15. The molecule has 2 aromatic rings. The van der Waals surface area contributed by atoms with Crippen molar-refractivity contribution in [1.29, 1.82) is 0 Å². The first-order valence-electron chi connectivity index (χ1n) is 7.10. The van der Waals surface area contributed by atoms with E-state index in [4.69, 9.17) is 9.15 Å². The second kappa shape index (κ2) is 7.61. The van der Waals surface area contributed by atoms with Crippen LogP contribution in [0.25, 0.3) is 11.1 Å². The van der Waals surface area contributed by atoms with Gasteiger partial charge in [0.05, 0.1) is 6.20 Å². The first-order chi connectivity index (χ1) is 9.94. The van der Waals surface area contributed by atoms with E-state index in [1.165, 1.54) is 0 Å². The molecule has 6 nitrogen and oxygen atoms in total. The number of rotatable bonds is 3. The largest absolute Gasteiger partial charge is 0.444 e. The van der Waals surface area contributed by atoms with E-state index in [9.17, 15) is 4.79 Å². The average Bonchev–Trinajstić information content (AvgIpc) is 2.81. The Morgan fingerprint density at radius 1 is 1.38 bits per heavy atom. The normalized spacial score (nSPS) is 10.7. The fraction of sp³-hybridized carbons (Fsp3) is 0.533. The van der Waals surface area contributed by atoms with Crippen molar-refractivity contribution in [2.45, 2.75) is 46.6 Å². The number of carbonyl (C=O) groups is 1. The molecular weight excluding hydrogens is 270 g/mol. The van der Waals surface area contributed by atoms with Crippen molar-refractivity contribution in [2.75, 3.05) is 6.54 Å². The van der Waals surface area contributed by atoms with E-state index in [0.29, 0.717) is 24.4 Å². The third kappa shape index (κ3) is 5.81. The minimum atomic E-state index is -0.493. The summed E-state index contributed by atoms with van der Waals surface area (Å²) in [6.07, 6.45) is 3.36. The first kappa shape index (κ1) is 16.9. The van der Waals surface area contributed by atoms with Crippen LogP contribution < -0.4 is 5.32 Å². The number of ether oxygens (including phenoxy) is 1. The van der Waals surface area contributed by atoms with Gasteiger partial charge in [-0.3, -0.25) is 4.98 Å². The van der Waals surface area contributed by atoms with Crippen LogP contribution in [0.15, 0.2) is 22.9 Å². The lowest BCUT2D eigenvalue weighted by Gasteiger charge is -2.19.